The lowest BCUT2D eigenvalue weighted by Gasteiger charge is -2.35. The molecular weight excluding hydrogens is 346 g/mol. The van der Waals surface area contributed by atoms with Crippen LogP contribution in [0.15, 0.2) is 12.4 Å². The third-order valence-corrected chi connectivity index (χ3v) is 4.87. The van der Waals surface area contributed by atoms with Gasteiger partial charge in [0.25, 0.3) is 0 Å². The Morgan fingerprint density at radius 1 is 1.11 bits per heavy atom. The topological polar surface area (TPSA) is 82.0 Å². The van der Waals surface area contributed by atoms with Gasteiger partial charge in [0, 0.05) is 63.8 Å². The van der Waals surface area contributed by atoms with E-state index in [1.165, 1.54) is 0 Å². The standard InChI is InChI=1S/C19H31N5O3/c1-19(2,3)27-18(26)24-10-8-22(9-11-24)14-15-12-20-17(21-13-15)23-6-4-16(25)5-7-23/h12-13,16,25H,4-11,14H2,1-3H3. The van der Waals surface area contributed by atoms with Crippen molar-refractivity contribution in [3.05, 3.63) is 18.0 Å². The fourth-order valence-electron chi connectivity index (χ4n) is 3.33. The van der Waals surface area contributed by atoms with Crippen LogP contribution in [-0.2, 0) is 11.3 Å². The molecule has 0 spiro atoms. The highest BCUT2D eigenvalue weighted by Gasteiger charge is 2.26. The zero-order valence-corrected chi connectivity index (χ0v) is 16.6. The van der Waals surface area contributed by atoms with Crippen molar-refractivity contribution in [2.75, 3.05) is 44.2 Å². The average Bonchev–Trinajstić information content (AvgIpc) is 2.62. The molecule has 2 aliphatic heterocycles. The minimum atomic E-state index is -0.459. The molecule has 150 valence electrons. The lowest BCUT2D eigenvalue weighted by atomic mass is 10.1. The van der Waals surface area contributed by atoms with Crippen LogP contribution in [0.5, 0.6) is 0 Å². The predicted molar refractivity (Wildman–Crippen MR) is 103 cm³/mol. The smallest absolute Gasteiger partial charge is 0.410 e. The average molecular weight is 377 g/mol. The molecule has 0 aliphatic carbocycles. The van der Waals surface area contributed by atoms with E-state index in [0.29, 0.717) is 13.1 Å². The van der Waals surface area contributed by atoms with Crippen molar-refractivity contribution in [2.45, 2.75) is 51.9 Å². The van der Waals surface area contributed by atoms with Gasteiger partial charge >= 0.3 is 6.09 Å². The van der Waals surface area contributed by atoms with Gasteiger partial charge in [-0.1, -0.05) is 0 Å². The van der Waals surface area contributed by atoms with Crippen LogP contribution in [0.2, 0.25) is 0 Å². The normalized spacial score (nSPS) is 20.0. The van der Waals surface area contributed by atoms with E-state index in [-0.39, 0.29) is 12.2 Å². The lowest BCUT2D eigenvalue weighted by molar-refractivity contribution is 0.0139. The Bertz CT molecular complexity index is 615. The molecule has 0 aromatic carbocycles. The number of piperidine rings is 1. The summed E-state index contributed by atoms with van der Waals surface area (Å²) < 4.78 is 5.44. The summed E-state index contributed by atoms with van der Waals surface area (Å²) >= 11 is 0. The summed E-state index contributed by atoms with van der Waals surface area (Å²) in [5.74, 6) is 0.736. The van der Waals surface area contributed by atoms with E-state index in [9.17, 15) is 9.90 Å². The summed E-state index contributed by atoms with van der Waals surface area (Å²) in [6, 6.07) is 0. The van der Waals surface area contributed by atoms with E-state index < -0.39 is 5.60 Å². The fraction of sp³-hybridized carbons (Fsp3) is 0.737. The van der Waals surface area contributed by atoms with Crippen molar-refractivity contribution in [3.63, 3.8) is 0 Å². The first-order valence-corrected chi connectivity index (χ1v) is 9.74. The van der Waals surface area contributed by atoms with Gasteiger partial charge in [-0.05, 0) is 33.6 Å². The second kappa shape index (κ2) is 8.39. The Balaban J connectivity index is 1.46. The van der Waals surface area contributed by atoms with Gasteiger partial charge in [-0.25, -0.2) is 14.8 Å². The molecule has 1 N–H and O–H groups in total. The van der Waals surface area contributed by atoms with Crippen molar-refractivity contribution >= 4 is 12.0 Å². The minimum Gasteiger partial charge on any atom is -0.444 e. The van der Waals surface area contributed by atoms with Gasteiger partial charge in [0.05, 0.1) is 6.10 Å². The zero-order chi connectivity index (χ0) is 19.4. The number of carbonyl (C=O) groups is 1. The number of aliphatic hydroxyl groups excluding tert-OH is 1. The van der Waals surface area contributed by atoms with Gasteiger partial charge in [0.15, 0.2) is 0 Å². The third kappa shape index (κ3) is 5.77. The van der Waals surface area contributed by atoms with Gasteiger partial charge in [-0.15, -0.1) is 0 Å². The quantitative estimate of drug-likeness (QED) is 0.854. The third-order valence-electron chi connectivity index (χ3n) is 4.87. The summed E-state index contributed by atoms with van der Waals surface area (Å²) in [6.07, 6.45) is 4.88. The molecule has 1 aromatic rings. The summed E-state index contributed by atoms with van der Waals surface area (Å²) in [5, 5.41) is 9.60. The van der Waals surface area contributed by atoms with Crippen LogP contribution >= 0.6 is 0 Å². The molecule has 2 fully saturated rings. The zero-order valence-electron chi connectivity index (χ0n) is 16.6. The van der Waals surface area contributed by atoms with E-state index in [2.05, 4.69) is 19.8 Å². The molecule has 8 nitrogen and oxygen atoms in total. The molecule has 2 aliphatic rings. The van der Waals surface area contributed by atoms with Crippen molar-refractivity contribution < 1.29 is 14.6 Å². The van der Waals surface area contributed by atoms with Crippen LogP contribution in [0, 0.1) is 0 Å². The second-order valence-electron chi connectivity index (χ2n) is 8.35. The maximum atomic E-state index is 12.1. The highest BCUT2D eigenvalue weighted by Crippen LogP contribution is 2.17. The first-order valence-electron chi connectivity index (χ1n) is 9.74. The maximum absolute atomic E-state index is 12.1. The van der Waals surface area contributed by atoms with Gasteiger partial charge in [0.2, 0.25) is 5.95 Å². The number of rotatable bonds is 3. The van der Waals surface area contributed by atoms with Crippen LogP contribution < -0.4 is 4.90 Å². The number of hydrogen-bond acceptors (Lipinski definition) is 7. The van der Waals surface area contributed by atoms with Crippen LogP contribution in [0.4, 0.5) is 10.7 Å². The Morgan fingerprint density at radius 3 is 2.26 bits per heavy atom. The Kier molecular flexibility index (Phi) is 6.16. The molecule has 1 aromatic heterocycles. The molecule has 0 bridgehead atoms. The monoisotopic (exact) mass is 377 g/mol. The van der Waals surface area contributed by atoms with Crippen molar-refractivity contribution in [1.29, 1.82) is 0 Å². The Hall–Kier alpha value is -1.93. The lowest BCUT2D eigenvalue weighted by Crippen LogP contribution is -2.49. The number of anilines is 1. The molecule has 1 amide bonds. The van der Waals surface area contributed by atoms with Crippen LogP contribution in [0.1, 0.15) is 39.2 Å². The van der Waals surface area contributed by atoms with Crippen molar-refractivity contribution in [2.24, 2.45) is 0 Å². The number of hydrogen-bond donors (Lipinski definition) is 1. The number of aliphatic hydroxyl groups is 1. The highest BCUT2D eigenvalue weighted by molar-refractivity contribution is 5.68. The molecule has 8 heteroatoms. The largest absolute Gasteiger partial charge is 0.444 e. The van der Waals surface area contributed by atoms with E-state index in [1.807, 2.05) is 33.2 Å². The van der Waals surface area contributed by atoms with Gasteiger partial charge in [-0.3, -0.25) is 4.90 Å². The molecule has 0 unspecified atom stereocenters. The van der Waals surface area contributed by atoms with Crippen molar-refractivity contribution in [1.82, 2.24) is 19.8 Å². The molecule has 27 heavy (non-hydrogen) atoms. The fourth-order valence-corrected chi connectivity index (χ4v) is 3.33. The molecule has 3 heterocycles. The summed E-state index contributed by atoms with van der Waals surface area (Å²) in [5.41, 5.74) is 0.612. The van der Waals surface area contributed by atoms with Crippen LogP contribution in [0.3, 0.4) is 0 Å². The molecule has 0 saturated carbocycles. The first kappa shape index (κ1) is 19.8. The number of piperazine rings is 1. The Morgan fingerprint density at radius 2 is 1.70 bits per heavy atom. The van der Waals surface area contributed by atoms with Gasteiger partial charge in [-0.2, -0.15) is 0 Å². The van der Waals surface area contributed by atoms with Crippen molar-refractivity contribution in [3.8, 4) is 0 Å². The number of ether oxygens (including phenoxy) is 1. The van der Waals surface area contributed by atoms with E-state index in [1.54, 1.807) is 4.90 Å². The predicted octanol–water partition coefficient (Wildman–Crippen LogP) is 1.49. The summed E-state index contributed by atoms with van der Waals surface area (Å²) in [6.45, 7) is 11.0. The number of aromatic nitrogens is 2. The maximum Gasteiger partial charge on any atom is 0.410 e. The minimum absolute atomic E-state index is 0.195. The molecular formula is C19H31N5O3. The molecule has 0 radical (unpaired) electrons. The SMILES string of the molecule is CC(C)(C)OC(=O)N1CCN(Cc2cnc(N3CCC(O)CC3)nc2)CC1. The Labute approximate surface area is 161 Å². The van der Waals surface area contributed by atoms with Crippen LogP contribution in [0.25, 0.3) is 0 Å². The number of nitrogens with zero attached hydrogens (tertiary/aromatic N) is 5. The van der Waals surface area contributed by atoms with Gasteiger partial charge in [0.1, 0.15) is 5.60 Å². The number of carbonyl (C=O) groups excluding carboxylic acids is 1. The molecule has 0 atom stereocenters. The highest BCUT2D eigenvalue weighted by atomic mass is 16.6. The second-order valence-corrected chi connectivity index (χ2v) is 8.35. The van der Waals surface area contributed by atoms with E-state index in [4.69, 9.17) is 4.74 Å². The van der Waals surface area contributed by atoms with E-state index >= 15 is 0 Å². The summed E-state index contributed by atoms with van der Waals surface area (Å²) in [7, 11) is 0. The first-order chi connectivity index (χ1) is 12.8. The molecule has 3 rings (SSSR count). The summed E-state index contributed by atoms with van der Waals surface area (Å²) in [4.78, 5) is 27.3. The van der Waals surface area contributed by atoms with Crippen LogP contribution in [-0.4, -0.2) is 81.9 Å². The van der Waals surface area contributed by atoms with E-state index in [0.717, 1.165) is 57.1 Å². The number of amides is 1. The molecule has 2 saturated heterocycles. The van der Waals surface area contributed by atoms with Gasteiger partial charge < -0.3 is 19.6 Å².